The highest BCUT2D eigenvalue weighted by Crippen LogP contribution is 2.43. The average molecular weight is 296 g/mol. The Labute approximate surface area is 118 Å². The summed E-state index contributed by atoms with van der Waals surface area (Å²) in [4.78, 5) is 10.8. The minimum atomic E-state index is -1.16. The summed E-state index contributed by atoms with van der Waals surface area (Å²) in [5, 5.41) is 12.6. The first-order valence-electron chi connectivity index (χ1n) is 5.95. The summed E-state index contributed by atoms with van der Waals surface area (Å²) in [5.74, 6) is 0.109. The van der Waals surface area contributed by atoms with Crippen LogP contribution in [0.3, 0.4) is 0 Å². The van der Waals surface area contributed by atoms with Gasteiger partial charge in [0.05, 0.1) is 18.2 Å². The van der Waals surface area contributed by atoms with E-state index in [1.807, 2.05) is 0 Å². The molecule has 1 aromatic heterocycles. The van der Waals surface area contributed by atoms with Crippen LogP contribution in [0.2, 0.25) is 5.02 Å². The SMILES string of the molecule is O=C(O)c1cc(-c2ccc3c(c2Cl)OCCCO3)on1. The molecule has 0 radical (unpaired) electrons. The second kappa shape index (κ2) is 5.05. The van der Waals surface area contributed by atoms with Gasteiger partial charge in [-0.15, -0.1) is 0 Å². The summed E-state index contributed by atoms with van der Waals surface area (Å²) in [5.41, 5.74) is 0.332. The first kappa shape index (κ1) is 12.8. The number of hydrogen-bond acceptors (Lipinski definition) is 5. The first-order valence-corrected chi connectivity index (χ1v) is 6.33. The molecule has 0 saturated heterocycles. The maximum absolute atomic E-state index is 10.8. The minimum absolute atomic E-state index is 0.178. The molecule has 1 aliphatic rings. The first-order chi connectivity index (χ1) is 9.66. The number of carboxylic acids is 1. The van der Waals surface area contributed by atoms with Crippen LogP contribution in [0.25, 0.3) is 11.3 Å². The molecule has 0 atom stereocenters. The largest absolute Gasteiger partial charge is 0.490 e. The second-order valence-corrected chi connectivity index (χ2v) is 4.56. The van der Waals surface area contributed by atoms with Gasteiger partial charge in [0.15, 0.2) is 23.0 Å². The van der Waals surface area contributed by atoms with E-state index in [-0.39, 0.29) is 11.5 Å². The maximum atomic E-state index is 10.8. The van der Waals surface area contributed by atoms with E-state index >= 15 is 0 Å². The van der Waals surface area contributed by atoms with Crippen molar-refractivity contribution in [1.82, 2.24) is 5.16 Å². The molecule has 104 valence electrons. The maximum Gasteiger partial charge on any atom is 0.358 e. The third-order valence-electron chi connectivity index (χ3n) is 2.85. The molecule has 0 amide bonds. The van der Waals surface area contributed by atoms with E-state index in [4.69, 9.17) is 30.7 Å². The molecule has 0 aliphatic carbocycles. The van der Waals surface area contributed by atoms with Crippen LogP contribution in [0.1, 0.15) is 16.9 Å². The van der Waals surface area contributed by atoms with Crippen molar-refractivity contribution in [3.63, 3.8) is 0 Å². The van der Waals surface area contributed by atoms with E-state index in [1.54, 1.807) is 12.1 Å². The van der Waals surface area contributed by atoms with Gasteiger partial charge in [0, 0.05) is 18.1 Å². The average Bonchev–Trinajstić information content (AvgIpc) is 2.78. The Morgan fingerprint density at radius 1 is 1.30 bits per heavy atom. The Kier molecular flexibility index (Phi) is 3.23. The molecule has 20 heavy (non-hydrogen) atoms. The van der Waals surface area contributed by atoms with Crippen LogP contribution >= 0.6 is 11.6 Å². The summed E-state index contributed by atoms with van der Waals surface area (Å²) < 4.78 is 16.1. The van der Waals surface area contributed by atoms with Gasteiger partial charge in [-0.1, -0.05) is 16.8 Å². The zero-order chi connectivity index (χ0) is 14.1. The number of rotatable bonds is 2. The van der Waals surface area contributed by atoms with Gasteiger partial charge in [0.1, 0.15) is 0 Å². The van der Waals surface area contributed by atoms with Gasteiger partial charge in [-0.2, -0.15) is 0 Å². The Hall–Kier alpha value is -2.21. The fourth-order valence-electron chi connectivity index (χ4n) is 1.90. The van der Waals surface area contributed by atoms with E-state index in [0.717, 1.165) is 6.42 Å². The van der Waals surface area contributed by atoms with E-state index < -0.39 is 5.97 Å². The summed E-state index contributed by atoms with van der Waals surface area (Å²) >= 11 is 6.28. The van der Waals surface area contributed by atoms with Crippen molar-refractivity contribution in [1.29, 1.82) is 0 Å². The molecule has 0 unspecified atom stereocenters. The normalized spacial score (nSPS) is 13.8. The van der Waals surface area contributed by atoms with Gasteiger partial charge in [-0.3, -0.25) is 0 Å². The van der Waals surface area contributed by atoms with Crippen LogP contribution in [0.4, 0.5) is 0 Å². The van der Waals surface area contributed by atoms with Gasteiger partial charge in [-0.25, -0.2) is 4.79 Å². The lowest BCUT2D eigenvalue weighted by Gasteiger charge is -2.10. The molecule has 3 rings (SSSR count). The molecular weight excluding hydrogens is 286 g/mol. The lowest BCUT2D eigenvalue weighted by molar-refractivity contribution is 0.0686. The highest BCUT2D eigenvalue weighted by Gasteiger charge is 2.21. The summed E-state index contributed by atoms with van der Waals surface area (Å²) in [6, 6.07) is 4.71. The minimum Gasteiger partial charge on any atom is -0.490 e. The number of hydrogen-bond donors (Lipinski definition) is 1. The Morgan fingerprint density at radius 2 is 2.10 bits per heavy atom. The summed E-state index contributed by atoms with van der Waals surface area (Å²) in [6.45, 7) is 1.07. The predicted molar refractivity (Wildman–Crippen MR) is 69.5 cm³/mol. The molecule has 0 saturated carbocycles. The van der Waals surface area contributed by atoms with Crippen molar-refractivity contribution >= 4 is 17.6 Å². The van der Waals surface area contributed by atoms with Crippen molar-refractivity contribution in [2.24, 2.45) is 0 Å². The number of fused-ring (bicyclic) bond motifs is 1. The number of carboxylic acid groups (broad SMARTS) is 1. The van der Waals surface area contributed by atoms with Crippen molar-refractivity contribution in [3.05, 3.63) is 28.9 Å². The van der Waals surface area contributed by atoms with Crippen molar-refractivity contribution in [2.45, 2.75) is 6.42 Å². The Balaban J connectivity index is 2.05. The van der Waals surface area contributed by atoms with Crippen LogP contribution in [-0.2, 0) is 0 Å². The molecule has 1 aromatic carbocycles. The van der Waals surface area contributed by atoms with Gasteiger partial charge >= 0.3 is 5.97 Å². The topological polar surface area (TPSA) is 81.8 Å². The number of ether oxygens (including phenoxy) is 2. The smallest absolute Gasteiger partial charge is 0.358 e. The number of aromatic carboxylic acids is 1. The van der Waals surface area contributed by atoms with Crippen LogP contribution in [0.15, 0.2) is 22.7 Å². The standard InChI is InChI=1S/C13H10ClNO5/c14-11-7(10-6-8(13(16)17)15-20-10)2-3-9-12(11)19-5-1-4-18-9/h2-3,6H,1,4-5H2,(H,16,17). The monoisotopic (exact) mass is 295 g/mol. The lowest BCUT2D eigenvalue weighted by Crippen LogP contribution is -1.97. The zero-order valence-corrected chi connectivity index (χ0v) is 11.0. The van der Waals surface area contributed by atoms with Gasteiger partial charge in [-0.05, 0) is 12.1 Å². The van der Waals surface area contributed by atoms with E-state index in [0.29, 0.717) is 35.3 Å². The number of halogens is 1. The lowest BCUT2D eigenvalue weighted by atomic mass is 10.1. The van der Waals surface area contributed by atoms with Crippen LogP contribution < -0.4 is 9.47 Å². The number of carbonyl (C=O) groups is 1. The highest BCUT2D eigenvalue weighted by molar-refractivity contribution is 6.35. The number of nitrogens with zero attached hydrogens (tertiary/aromatic N) is 1. The van der Waals surface area contributed by atoms with Crippen LogP contribution in [0.5, 0.6) is 11.5 Å². The van der Waals surface area contributed by atoms with Crippen LogP contribution in [-0.4, -0.2) is 29.4 Å². The van der Waals surface area contributed by atoms with Gasteiger partial charge < -0.3 is 19.1 Å². The van der Waals surface area contributed by atoms with E-state index in [2.05, 4.69) is 5.16 Å². The quantitative estimate of drug-likeness (QED) is 0.917. The van der Waals surface area contributed by atoms with Gasteiger partial charge in [0.25, 0.3) is 0 Å². The molecular formula is C13H10ClNO5. The van der Waals surface area contributed by atoms with E-state index in [1.165, 1.54) is 6.07 Å². The predicted octanol–water partition coefficient (Wildman–Crippen LogP) is 2.85. The molecule has 2 heterocycles. The van der Waals surface area contributed by atoms with Crippen molar-refractivity contribution < 1.29 is 23.9 Å². The third kappa shape index (κ3) is 2.18. The van der Waals surface area contributed by atoms with Crippen molar-refractivity contribution in [2.75, 3.05) is 13.2 Å². The fraction of sp³-hybridized carbons (Fsp3) is 0.231. The molecule has 0 bridgehead atoms. The molecule has 6 nitrogen and oxygen atoms in total. The van der Waals surface area contributed by atoms with Crippen LogP contribution in [0, 0.1) is 0 Å². The number of benzene rings is 1. The van der Waals surface area contributed by atoms with E-state index in [9.17, 15) is 4.79 Å². The molecule has 7 heteroatoms. The zero-order valence-electron chi connectivity index (χ0n) is 10.3. The summed E-state index contributed by atoms with van der Waals surface area (Å²) in [6.07, 6.45) is 0.770. The highest BCUT2D eigenvalue weighted by atomic mass is 35.5. The molecule has 1 aliphatic heterocycles. The summed E-state index contributed by atoms with van der Waals surface area (Å²) in [7, 11) is 0. The second-order valence-electron chi connectivity index (χ2n) is 4.19. The Morgan fingerprint density at radius 3 is 2.85 bits per heavy atom. The third-order valence-corrected chi connectivity index (χ3v) is 3.22. The number of aromatic nitrogens is 1. The molecule has 2 aromatic rings. The van der Waals surface area contributed by atoms with Crippen molar-refractivity contribution in [3.8, 4) is 22.8 Å². The molecule has 0 fully saturated rings. The Bertz CT molecular complexity index is 667. The molecule has 1 N–H and O–H groups in total. The fourth-order valence-corrected chi connectivity index (χ4v) is 2.20. The van der Waals surface area contributed by atoms with Gasteiger partial charge in [0.2, 0.25) is 0 Å². The molecule has 0 spiro atoms.